The highest BCUT2D eigenvalue weighted by atomic mass is 32.5. The van der Waals surface area contributed by atoms with Crippen LogP contribution in [0, 0.1) is 0 Å². The Labute approximate surface area is 33.0 Å². The Balaban J connectivity index is 3.47. The first-order valence-electron chi connectivity index (χ1n) is 0.721. The predicted molar refractivity (Wildman–Crippen MR) is 18.7 cm³/mol. The van der Waals surface area contributed by atoms with Gasteiger partial charge in [0.1, 0.15) is 0 Å². The van der Waals surface area contributed by atoms with E-state index >= 15 is 0 Å². The summed E-state index contributed by atoms with van der Waals surface area (Å²) < 4.78 is 21.0. The molecule has 0 fully saturated rings. The van der Waals surface area contributed by atoms with E-state index in [1.807, 2.05) is 0 Å². The van der Waals surface area contributed by atoms with Gasteiger partial charge in [0.05, 0.1) is 0 Å². The van der Waals surface area contributed by atoms with E-state index in [1.54, 1.807) is 0 Å². The van der Waals surface area contributed by atoms with Crippen LogP contribution in [0.15, 0.2) is 0 Å². The van der Waals surface area contributed by atoms with Gasteiger partial charge in [0.15, 0.2) is 0 Å². The SMILES string of the molecule is OP(F)(F)=S. The molecule has 1 nitrogen and oxygen atoms in total. The van der Waals surface area contributed by atoms with Crippen molar-refractivity contribution in [3.63, 3.8) is 0 Å². The summed E-state index contributed by atoms with van der Waals surface area (Å²) in [7, 11) is 0. The third-order valence-corrected chi connectivity index (χ3v) is 0. The van der Waals surface area contributed by atoms with Crippen molar-refractivity contribution in [2.75, 3.05) is 0 Å². The second-order valence-electron chi connectivity index (χ2n) is 0.435. The summed E-state index contributed by atoms with van der Waals surface area (Å²) >= 11 is 3.16. The molecule has 0 spiro atoms. The maximum atomic E-state index is 10.5. The van der Waals surface area contributed by atoms with E-state index in [9.17, 15) is 8.39 Å². The summed E-state index contributed by atoms with van der Waals surface area (Å²) in [6.07, 6.45) is 0. The lowest BCUT2D eigenvalue weighted by Gasteiger charge is -1.78. The van der Waals surface area contributed by atoms with Gasteiger partial charge in [0, 0.05) is 11.8 Å². The van der Waals surface area contributed by atoms with Crippen LogP contribution in [-0.4, -0.2) is 4.89 Å². The van der Waals surface area contributed by atoms with Gasteiger partial charge in [-0.05, 0) is 0 Å². The molecule has 0 aliphatic heterocycles. The molecule has 0 unspecified atom stereocenters. The molecule has 0 heterocycles. The molecule has 0 aliphatic carbocycles. The molecule has 5 heavy (non-hydrogen) atoms. The van der Waals surface area contributed by atoms with Gasteiger partial charge in [-0.2, -0.15) is 8.39 Å². The van der Waals surface area contributed by atoms with Crippen LogP contribution in [-0.2, 0) is 11.8 Å². The summed E-state index contributed by atoms with van der Waals surface area (Å²) in [6.45, 7) is -4.81. The molecule has 0 aromatic carbocycles. The zero-order valence-electron chi connectivity index (χ0n) is 2.06. The number of hydrogen-bond acceptors (Lipinski definition) is 1. The first-order valence-corrected chi connectivity index (χ1v) is 3.26. The Kier molecular flexibility index (Phi) is 1.41. The van der Waals surface area contributed by atoms with Crippen molar-refractivity contribution < 1.29 is 13.3 Å². The average molecular weight is 118 g/mol. The van der Waals surface area contributed by atoms with E-state index in [0.717, 1.165) is 0 Å². The molecule has 0 saturated carbocycles. The number of hydrogen-bond donors (Lipinski definition) is 1. The third-order valence-electron chi connectivity index (χ3n) is 0. The fourth-order valence-electron chi connectivity index (χ4n) is 0. The Bertz CT molecular complexity index is 55.8. The molecule has 1 N–H and O–H groups in total. The van der Waals surface area contributed by atoms with Crippen LogP contribution < -0.4 is 0 Å². The predicted octanol–water partition coefficient (Wildman–Crippen LogP) is 1.14. The molecule has 0 aromatic heterocycles. The topological polar surface area (TPSA) is 20.2 Å². The quantitative estimate of drug-likeness (QED) is 0.481. The Morgan fingerprint density at radius 3 is 1.60 bits per heavy atom. The minimum Gasteiger partial charge on any atom is -0.318 e. The zero-order valence-corrected chi connectivity index (χ0v) is 3.77. The summed E-state index contributed by atoms with van der Waals surface area (Å²) in [6, 6.07) is 0. The van der Waals surface area contributed by atoms with E-state index in [2.05, 4.69) is 11.8 Å². The molecule has 0 atom stereocenters. The zero-order chi connectivity index (χ0) is 4.50. The molecule has 0 rings (SSSR count). The van der Waals surface area contributed by atoms with Crippen LogP contribution in [0.4, 0.5) is 8.39 Å². The number of rotatable bonds is 0. The van der Waals surface area contributed by atoms with Crippen LogP contribution in [0.3, 0.4) is 0 Å². The van der Waals surface area contributed by atoms with Crippen molar-refractivity contribution in [3.8, 4) is 0 Å². The van der Waals surface area contributed by atoms with Crippen LogP contribution >= 0.6 is 6.89 Å². The van der Waals surface area contributed by atoms with Gasteiger partial charge in [0.2, 0.25) is 0 Å². The second-order valence-corrected chi connectivity index (χ2v) is 2.62. The van der Waals surface area contributed by atoms with Crippen molar-refractivity contribution >= 4 is 18.7 Å². The monoisotopic (exact) mass is 118 g/mol. The van der Waals surface area contributed by atoms with Crippen LogP contribution in [0.2, 0.25) is 0 Å². The third kappa shape index (κ3) is 123. The standard InChI is InChI=1S/F2HOPS/c1-4(2,3)5/h(H,3,5). The molecule has 5 heteroatoms. The maximum Gasteiger partial charge on any atom is 0.400 e. The molecular formula is HF2OPS. The second kappa shape index (κ2) is 1.29. The van der Waals surface area contributed by atoms with E-state index in [4.69, 9.17) is 4.89 Å². The van der Waals surface area contributed by atoms with E-state index in [1.165, 1.54) is 0 Å². The van der Waals surface area contributed by atoms with Crippen molar-refractivity contribution in [3.05, 3.63) is 0 Å². The molecule has 0 radical (unpaired) electrons. The van der Waals surface area contributed by atoms with Crippen molar-refractivity contribution in [2.24, 2.45) is 0 Å². The highest BCUT2D eigenvalue weighted by Crippen LogP contribution is 2.43. The lowest BCUT2D eigenvalue weighted by atomic mass is 15.9. The van der Waals surface area contributed by atoms with Gasteiger partial charge in [-0.15, -0.1) is 0 Å². The highest BCUT2D eigenvalue weighted by molar-refractivity contribution is 8.06. The van der Waals surface area contributed by atoms with Crippen molar-refractivity contribution in [2.45, 2.75) is 0 Å². The Hall–Kier alpha value is 0.470. The van der Waals surface area contributed by atoms with Gasteiger partial charge in [0.25, 0.3) is 0 Å². The summed E-state index contributed by atoms with van der Waals surface area (Å²) in [4.78, 5) is 7.11. The van der Waals surface area contributed by atoms with E-state index in [-0.39, 0.29) is 0 Å². The highest BCUT2D eigenvalue weighted by Gasteiger charge is 2.01. The normalized spacial score (nSPS) is 11.8. The largest absolute Gasteiger partial charge is 0.400 e. The molecule has 0 aromatic rings. The summed E-state index contributed by atoms with van der Waals surface area (Å²) in [5.74, 6) is 0. The Morgan fingerprint density at radius 2 is 1.60 bits per heavy atom. The van der Waals surface area contributed by atoms with Gasteiger partial charge in [-0.1, -0.05) is 0 Å². The van der Waals surface area contributed by atoms with E-state index < -0.39 is 6.89 Å². The lowest BCUT2D eigenvalue weighted by Crippen LogP contribution is -1.43. The molecular weight excluding hydrogens is 117 g/mol. The van der Waals surface area contributed by atoms with Crippen molar-refractivity contribution in [1.82, 2.24) is 0 Å². The molecule has 32 valence electrons. The van der Waals surface area contributed by atoms with Crippen LogP contribution in [0.5, 0.6) is 0 Å². The fourth-order valence-corrected chi connectivity index (χ4v) is 0. The minimum atomic E-state index is -4.81. The van der Waals surface area contributed by atoms with Gasteiger partial charge in [-0.25, -0.2) is 0 Å². The van der Waals surface area contributed by atoms with Crippen molar-refractivity contribution in [1.29, 1.82) is 0 Å². The number of halogens is 2. The van der Waals surface area contributed by atoms with Crippen LogP contribution in [0.25, 0.3) is 0 Å². The first kappa shape index (κ1) is 5.47. The molecule has 0 amide bonds. The first-order chi connectivity index (χ1) is 2.00. The van der Waals surface area contributed by atoms with Gasteiger partial charge >= 0.3 is 6.89 Å². The van der Waals surface area contributed by atoms with Gasteiger partial charge < -0.3 is 4.89 Å². The smallest absolute Gasteiger partial charge is 0.318 e. The van der Waals surface area contributed by atoms with Gasteiger partial charge in [-0.3, -0.25) is 0 Å². The van der Waals surface area contributed by atoms with Crippen LogP contribution in [0.1, 0.15) is 0 Å². The maximum absolute atomic E-state index is 10.5. The molecule has 0 saturated heterocycles. The Morgan fingerprint density at radius 1 is 1.60 bits per heavy atom. The average Bonchev–Trinajstić information content (AvgIpc) is 0.722. The molecule has 0 aliphatic rings. The minimum absolute atomic E-state index is 3.16. The summed E-state index contributed by atoms with van der Waals surface area (Å²) in [5.41, 5.74) is 0. The summed E-state index contributed by atoms with van der Waals surface area (Å²) in [5, 5.41) is 0. The van der Waals surface area contributed by atoms with E-state index in [0.29, 0.717) is 0 Å². The lowest BCUT2D eigenvalue weighted by molar-refractivity contribution is 0.500. The fraction of sp³-hybridized carbons (Fsp3) is 0. The molecule has 0 bridgehead atoms.